The number of aliphatic hydroxyl groups is 1. The first-order chi connectivity index (χ1) is 11.5. The van der Waals surface area contributed by atoms with Crippen molar-refractivity contribution in [2.45, 2.75) is 32.3 Å². The third-order valence-corrected chi connectivity index (χ3v) is 4.99. The van der Waals surface area contributed by atoms with E-state index in [4.69, 9.17) is 4.98 Å². The molecule has 2 heterocycles. The van der Waals surface area contributed by atoms with Crippen molar-refractivity contribution in [3.05, 3.63) is 41.6 Å². The van der Waals surface area contributed by atoms with Gasteiger partial charge in [-0.1, -0.05) is 12.1 Å². The number of fused-ring (bicyclic) bond motifs is 1. The molecule has 4 nitrogen and oxygen atoms in total. The zero-order valence-electron chi connectivity index (χ0n) is 14.2. The van der Waals surface area contributed by atoms with Crippen LogP contribution in [0.25, 0.3) is 16.5 Å². The van der Waals surface area contributed by atoms with E-state index < -0.39 is 5.60 Å². The topological polar surface area (TPSA) is 57.5 Å². The molecule has 1 aromatic heterocycles. The molecule has 0 spiro atoms. The maximum Gasteiger partial charge on any atom is 0.0732 e. The molecule has 0 bridgehead atoms. The van der Waals surface area contributed by atoms with E-state index in [9.17, 15) is 5.11 Å². The van der Waals surface area contributed by atoms with Crippen LogP contribution >= 0.6 is 0 Å². The number of rotatable bonds is 4. The SMILES string of the molecule is Cc1cc(NCC2CC(C)(O)C2)c2ccc(C3=CC=NC3)cc2n1. The molecule has 1 saturated carbocycles. The first-order valence-electron chi connectivity index (χ1n) is 8.57. The summed E-state index contributed by atoms with van der Waals surface area (Å²) in [6.45, 7) is 5.60. The molecule has 0 atom stereocenters. The number of anilines is 1. The molecule has 2 aromatic rings. The van der Waals surface area contributed by atoms with Crippen LogP contribution in [0, 0.1) is 12.8 Å². The minimum atomic E-state index is -0.464. The second kappa shape index (κ2) is 5.71. The van der Waals surface area contributed by atoms with Crippen LogP contribution in [-0.4, -0.2) is 35.0 Å². The van der Waals surface area contributed by atoms with Gasteiger partial charge in [0.1, 0.15) is 0 Å². The number of aliphatic imine (C=N–C) groups is 1. The lowest BCUT2D eigenvalue weighted by Gasteiger charge is -2.41. The van der Waals surface area contributed by atoms with Crippen LogP contribution in [-0.2, 0) is 0 Å². The Balaban J connectivity index is 1.58. The van der Waals surface area contributed by atoms with Crippen molar-refractivity contribution >= 4 is 28.4 Å². The Kier molecular flexibility index (Phi) is 3.65. The second-order valence-electron chi connectivity index (χ2n) is 7.38. The van der Waals surface area contributed by atoms with Gasteiger partial charge in [0.15, 0.2) is 0 Å². The molecule has 1 aliphatic heterocycles. The Morgan fingerprint density at radius 1 is 1.29 bits per heavy atom. The number of benzene rings is 1. The zero-order valence-corrected chi connectivity index (χ0v) is 14.2. The van der Waals surface area contributed by atoms with Crippen LogP contribution in [0.5, 0.6) is 0 Å². The Labute approximate surface area is 142 Å². The fraction of sp³-hybridized carbons (Fsp3) is 0.400. The van der Waals surface area contributed by atoms with E-state index in [1.54, 1.807) is 0 Å². The van der Waals surface area contributed by atoms with Gasteiger partial charge < -0.3 is 10.4 Å². The summed E-state index contributed by atoms with van der Waals surface area (Å²) in [4.78, 5) is 8.97. The van der Waals surface area contributed by atoms with E-state index in [1.807, 2.05) is 20.1 Å². The Bertz CT molecular complexity index is 843. The van der Waals surface area contributed by atoms with Crippen molar-refractivity contribution < 1.29 is 5.11 Å². The van der Waals surface area contributed by atoms with Crippen LogP contribution in [0.15, 0.2) is 35.3 Å². The molecule has 24 heavy (non-hydrogen) atoms. The van der Waals surface area contributed by atoms with Gasteiger partial charge in [0.25, 0.3) is 0 Å². The average molecular weight is 321 g/mol. The van der Waals surface area contributed by atoms with Gasteiger partial charge >= 0.3 is 0 Å². The highest BCUT2D eigenvalue weighted by molar-refractivity contribution is 5.96. The lowest BCUT2D eigenvalue weighted by Crippen LogP contribution is -2.43. The molecule has 4 heteroatoms. The number of pyridine rings is 1. The van der Waals surface area contributed by atoms with Gasteiger partial charge in [0.2, 0.25) is 0 Å². The monoisotopic (exact) mass is 321 g/mol. The quantitative estimate of drug-likeness (QED) is 0.905. The number of hydrogen-bond acceptors (Lipinski definition) is 4. The normalized spacial score (nSPS) is 25.6. The van der Waals surface area contributed by atoms with E-state index in [-0.39, 0.29) is 0 Å². The Morgan fingerprint density at radius 3 is 2.83 bits per heavy atom. The average Bonchev–Trinajstić information content (AvgIpc) is 3.04. The molecule has 0 saturated heterocycles. The van der Waals surface area contributed by atoms with Crippen molar-refractivity contribution in [1.82, 2.24) is 4.98 Å². The fourth-order valence-electron chi connectivity index (χ4n) is 3.82. The van der Waals surface area contributed by atoms with E-state index in [2.05, 4.69) is 40.7 Å². The van der Waals surface area contributed by atoms with E-state index in [0.717, 1.165) is 48.2 Å². The van der Waals surface area contributed by atoms with Crippen molar-refractivity contribution in [1.29, 1.82) is 0 Å². The van der Waals surface area contributed by atoms with Crippen LogP contribution in [0.3, 0.4) is 0 Å². The molecule has 2 aliphatic rings. The lowest BCUT2D eigenvalue weighted by molar-refractivity contribution is -0.0523. The molecule has 0 radical (unpaired) electrons. The van der Waals surface area contributed by atoms with Crippen molar-refractivity contribution in [2.75, 3.05) is 18.4 Å². The third-order valence-electron chi connectivity index (χ3n) is 4.99. The van der Waals surface area contributed by atoms with Crippen LogP contribution < -0.4 is 5.32 Å². The molecule has 1 aromatic carbocycles. The van der Waals surface area contributed by atoms with Gasteiger partial charge in [-0.15, -0.1) is 0 Å². The number of nitrogens with one attached hydrogen (secondary N) is 1. The summed E-state index contributed by atoms with van der Waals surface area (Å²) in [5, 5.41) is 14.6. The number of nitrogens with zero attached hydrogens (tertiary/aromatic N) is 2. The molecule has 4 rings (SSSR count). The van der Waals surface area contributed by atoms with Crippen LogP contribution in [0.1, 0.15) is 31.0 Å². The number of hydrogen-bond donors (Lipinski definition) is 2. The summed E-state index contributed by atoms with van der Waals surface area (Å²) in [5.41, 5.74) is 5.13. The highest BCUT2D eigenvalue weighted by Crippen LogP contribution is 2.37. The van der Waals surface area contributed by atoms with Gasteiger partial charge in [-0.25, -0.2) is 0 Å². The first kappa shape index (κ1) is 15.3. The maximum absolute atomic E-state index is 9.88. The van der Waals surface area contributed by atoms with E-state index >= 15 is 0 Å². The van der Waals surface area contributed by atoms with Gasteiger partial charge in [0.05, 0.1) is 17.7 Å². The Morgan fingerprint density at radius 2 is 2.12 bits per heavy atom. The van der Waals surface area contributed by atoms with Gasteiger partial charge in [-0.05, 0) is 62.0 Å². The van der Waals surface area contributed by atoms with Gasteiger partial charge in [-0.2, -0.15) is 0 Å². The summed E-state index contributed by atoms with van der Waals surface area (Å²) in [6, 6.07) is 8.56. The standard InChI is InChI=1S/C20H23N3O/c1-13-7-18(22-11-14-9-20(2,24)10-14)17-4-3-15(8-19(17)23-13)16-5-6-21-12-16/h3-8,14,24H,9-12H2,1-2H3,(H,22,23). The number of aromatic nitrogens is 1. The summed E-state index contributed by atoms with van der Waals surface area (Å²) >= 11 is 0. The molecule has 124 valence electrons. The highest BCUT2D eigenvalue weighted by atomic mass is 16.3. The maximum atomic E-state index is 9.88. The number of aryl methyl sites for hydroxylation is 1. The molecule has 0 amide bonds. The predicted octanol–water partition coefficient (Wildman–Crippen LogP) is 3.58. The van der Waals surface area contributed by atoms with E-state index in [0.29, 0.717) is 5.92 Å². The highest BCUT2D eigenvalue weighted by Gasteiger charge is 2.37. The third kappa shape index (κ3) is 2.94. The molecular formula is C20H23N3O. The summed E-state index contributed by atoms with van der Waals surface area (Å²) < 4.78 is 0. The number of allylic oxidation sites excluding steroid dienone is 1. The molecule has 1 aliphatic carbocycles. The minimum Gasteiger partial charge on any atom is -0.390 e. The van der Waals surface area contributed by atoms with Crippen LogP contribution in [0.2, 0.25) is 0 Å². The lowest BCUT2D eigenvalue weighted by atomic mass is 9.72. The summed E-state index contributed by atoms with van der Waals surface area (Å²) in [7, 11) is 0. The second-order valence-corrected chi connectivity index (χ2v) is 7.38. The predicted molar refractivity (Wildman–Crippen MR) is 99.7 cm³/mol. The van der Waals surface area contributed by atoms with E-state index in [1.165, 1.54) is 11.1 Å². The van der Waals surface area contributed by atoms with Gasteiger partial charge in [0, 0.05) is 29.5 Å². The first-order valence-corrected chi connectivity index (χ1v) is 8.57. The Hall–Kier alpha value is -2.20. The molecule has 0 unspecified atom stereocenters. The minimum absolute atomic E-state index is 0.464. The molecule has 2 N–H and O–H groups in total. The molecule has 1 fully saturated rings. The van der Waals surface area contributed by atoms with Crippen molar-refractivity contribution in [2.24, 2.45) is 10.9 Å². The fourth-order valence-corrected chi connectivity index (χ4v) is 3.82. The smallest absolute Gasteiger partial charge is 0.0732 e. The zero-order chi connectivity index (χ0) is 16.7. The summed E-state index contributed by atoms with van der Waals surface area (Å²) in [6.07, 6.45) is 5.68. The van der Waals surface area contributed by atoms with Crippen LogP contribution in [0.4, 0.5) is 5.69 Å². The van der Waals surface area contributed by atoms with Gasteiger partial charge in [-0.3, -0.25) is 9.98 Å². The largest absolute Gasteiger partial charge is 0.390 e. The van der Waals surface area contributed by atoms with Crippen molar-refractivity contribution in [3.63, 3.8) is 0 Å². The van der Waals surface area contributed by atoms with Crippen molar-refractivity contribution in [3.8, 4) is 0 Å². The summed E-state index contributed by atoms with van der Waals surface area (Å²) in [5.74, 6) is 0.545. The molecular weight excluding hydrogens is 298 g/mol.